The van der Waals surface area contributed by atoms with Crippen LogP contribution in [0.4, 0.5) is 9.18 Å². The highest BCUT2D eigenvalue weighted by Gasteiger charge is 2.50. The van der Waals surface area contributed by atoms with Gasteiger partial charge in [0.15, 0.2) is 0 Å². The molecule has 0 spiro atoms. The maximum atomic E-state index is 14.5. The molecule has 6 heteroatoms. The van der Waals surface area contributed by atoms with Crippen molar-refractivity contribution in [2.75, 3.05) is 0 Å². The Labute approximate surface area is 159 Å². The molecule has 0 saturated carbocycles. The maximum absolute atomic E-state index is 14.5. The van der Waals surface area contributed by atoms with Gasteiger partial charge in [-0.2, -0.15) is 5.26 Å². The number of ether oxygens (including phenoxy) is 1. The number of hydrogen-bond acceptors (Lipinski definition) is 4. The van der Waals surface area contributed by atoms with E-state index in [2.05, 4.69) is 6.07 Å². The molecule has 27 heavy (non-hydrogen) atoms. The molecule has 1 amide bonds. The van der Waals surface area contributed by atoms with Gasteiger partial charge in [0, 0.05) is 30.5 Å². The Hall–Kier alpha value is -2.13. The Bertz CT molecular complexity index is 752. The second-order valence-corrected chi connectivity index (χ2v) is 8.72. The first kappa shape index (κ1) is 19.6. The first-order chi connectivity index (χ1) is 12.6. The van der Waals surface area contributed by atoms with Crippen LogP contribution in [0.3, 0.4) is 0 Å². The van der Waals surface area contributed by atoms with Crippen LogP contribution in [0, 0.1) is 17.1 Å². The van der Waals surface area contributed by atoms with Crippen molar-refractivity contribution in [2.45, 2.75) is 82.6 Å². The summed E-state index contributed by atoms with van der Waals surface area (Å²) in [5.41, 5.74) is -1.02. The minimum Gasteiger partial charge on any atom is -0.444 e. The van der Waals surface area contributed by atoms with Gasteiger partial charge in [-0.3, -0.25) is 0 Å². The number of rotatable bonds is 2. The molecule has 146 valence electrons. The van der Waals surface area contributed by atoms with Crippen molar-refractivity contribution >= 4 is 6.09 Å². The van der Waals surface area contributed by atoms with Crippen LogP contribution in [-0.4, -0.2) is 33.8 Å². The Morgan fingerprint density at radius 2 is 2.00 bits per heavy atom. The highest BCUT2D eigenvalue weighted by molar-refractivity contribution is 5.69. The molecule has 0 radical (unpaired) electrons. The van der Waals surface area contributed by atoms with Crippen molar-refractivity contribution in [3.63, 3.8) is 0 Å². The second kappa shape index (κ2) is 7.12. The molecule has 2 bridgehead atoms. The molecule has 2 saturated heterocycles. The number of carbonyl (C=O) groups excluding carboxylic acids is 1. The molecule has 2 aliphatic rings. The number of halogens is 1. The predicted octanol–water partition coefficient (Wildman–Crippen LogP) is 4.03. The Balaban J connectivity index is 1.89. The van der Waals surface area contributed by atoms with Crippen molar-refractivity contribution in [3.8, 4) is 6.07 Å². The summed E-state index contributed by atoms with van der Waals surface area (Å²) in [5, 5.41) is 20.3. The van der Waals surface area contributed by atoms with Crippen LogP contribution in [0.5, 0.6) is 0 Å². The van der Waals surface area contributed by atoms with Crippen molar-refractivity contribution in [3.05, 3.63) is 35.1 Å². The molecule has 2 atom stereocenters. The SMILES string of the molecule is CC(C)(C)OC(=O)N1C2CCCC1CC(O)(c1cc(CC#N)ccc1F)C2. The van der Waals surface area contributed by atoms with E-state index in [1.54, 1.807) is 17.0 Å². The normalized spacial score (nSPS) is 27.8. The van der Waals surface area contributed by atoms with E-state index >= 15 is 0 Å². The summed E-state index contributed by atoms with van der Waals surface area (Å²) in [4.78, 5) is 14.4. The third kappa shape index (κ3) is 4.08. The minimum atomic E-state index is -1.34. The average Bonchev–Trinajstić information content (AvgIpc) is 2.54. The van der Waals surface area contributed by atoms with Crippen molar-refractivity contribution in [1.29, 1.82) is 5.26 Å². The topological polar surface area (TPSA) is 73.6 Å². The van der Waals surface area contributed by atoms with E-state index in [9.17, 15) is 14.3 Å². The van der Waals surface area contributed by atoms with E-state index in [1.807, 2.05) is 20.8 Å². The number of hydrogen-bond donors (Lipinski definition) is 1. The molecule has 2 fully saturated rings. The Kier molecular flexibility index (Phi) is 5.18. The highest BCUT2D eigenvalue weighted by atomic mass is 19.1. The lowest BCUT2D eigenvalue weighted by molar-refractivity contribution is -0.0978. The zero-order valence-corrected chi connectivity index (χ0v) is 16.2. The van der Waals surface area contributed by atoms with Crippen LogP contribution in [0.2, 0.25) is 0 Å². The standard InChI is InChI=1S/C21H27FN2O3/c1-20(2,3)27-19(25)24-15-5-4-6-16(24)13-21(26,12-15)17-11-14(9-10-23)7-8-18(17)22/h7-8,11,15-16,26H,4-6,9,12-13H2,1-3H3. The third-order valence-corrected chi connectivity index (χ3v) is 5.43. The molecule has 3 rings (SSSR count). The largest absolute Gasteiger partial charge is 0.444 e. The maximum Gasteiger partial charge on any atom is 0.410 e. The zero-order chi connectivity index (χ0) is 19.8. The number of aliphatic hydroxyl groups is 1. The van der Waals surface area contributed by atoms with Crippen LogP contribution in [0.1, 0.15) is 64.0 Å². The summed E-state index contributed by atoms with van der Waals surface area (Å²) >= 11 is 0. The first-order valence-electron chi connectivity index (χ1n) is 9.52. The van der Waals surface area contributed by atoms with Gasteiger partial charge in [-0.15, -0.1) is 0 Å². The first-order valence-corrected chi connectivity index (χ1v) is 9.52. The summed E-state index contributed by atoms with van der Waals surface area (Å²) in [7, 11) is 0. The smallest absolute Gasteiger partial charge is 0.410 e. The van der Waals surface area contributed by atoms with Crippen molar-refractivity contribution in [1.82, 2.24) is 4.90 Å². The molecule has 2 aliphatic heterocycles. The van der Waals surface area contributed by atoms with Crippen molar-refractivity contribution in [2.24, 2.45) is 0 Å². The van der Waals surface area contributed by atoms with Gasteiger partial charge in [-0.1, -0.05) is 6.07 Å². The quantitative estimate of drug-likeness (QED) is 0.848. The van der Waals surface area contributed by atoms with Crippen molar-refractivity contribution < 1.29 is 19.0 Å². The number of amides is 1. The molecule has 5 nitrogen and oxygen atoms in total. The van der Waals surface area contributed by atoms with Gasteiger partial charge in [0.2, 0.25) is 0 Å². The van der Waals surface area contributed by atoms with Gasteiger partial charge in [0.1, 0.15) is 11.4 Å². The zero-order valence-electron chi connectivity index (χ0n) is 16.2. The highest BCUT2D eigenvalue weighted by Crippen LogP contribution is 2.45. The number of fused-ring (bicyclic) bond motifs is 2. The molecule has 0 aromatic heterocycles. The fourth-order valence-electron chi connectivity index (χ4n) is 4.39. The van der Waals surface area contributed by atoms with Gasteiger partial charge in [0.25, 0.3) is 0 Å². The molecule has 1 N–H and O–H groups in total. The van der Waals surface area contributed by atoms with Gasteiger partial charge >= 0.3 is 6.09 Å². The summed E-state index contributed by atoms with van der Waals surface area (Å²) in [6, 6.07) is 6.17. The van der Waals surface area contributed by atoms with Crippen LogP contribution < -0.4 is 0 Å². The third-order valence-electron chi connectivity index (χ3n) is 5.43. The van der Waals surface area contributed by atoms with E-state index in [1.165, 1.54) is 6.07 Å². The summed E-state index contributed by atoms with van der Waals surface area (Å²) in [6.07, 6.45) is 2.85. The van der Waals surface area contributed by atoms with Crippen LogP contribution >= 0.6 is 0 Å². The molecular weight excluding hydrogens is 347 g/mol. The number of piperidine rings is 2. The van der Waals surface area contributed by atoms with E-state index < -0.39 is 17.0 Å². The Morgan fingerprint density at radius 1 is 1.37 bits per heavy atom. The molecule has 2 heterocycles. The number of benzene rings is 1. The van der Waals surface area contributed by atoms with Gasteiger partial charge in [-0.05, 0) is 57.7 Å². The lowest BCUT2D eigenvalue weighted by atomic mass is 9.72. The fourth-order valence-corrected chi connectivity index (χ4v) is 4.39. The second-order valence-electron chi connectivity index (χ2n) is 8.72. The minimum absolute atomic E-state index is 0.167. The predicted molar refractivity (Wildman–Crippen MR) is 98.3 cm³/mol. The fraction of sp³-hybridized carbons (Fsp3) is 0.619. The molecule has 0 aliphatic carbocycles. The van der Waals surface area contributed by atoms with Gasteiger partial charge < -0.3 is 14.7 Å². The van der Waals surface area contributed by atoms with Crippen LogP contribution in [0.15, 0.2) is 18.2 Å². The summed E-state index contributed by atoms with van der Waals surface area (Å²) in [6.45, 7) is 5.49. The number of nitrogens with zero attached hydrogens (tertiary/aromatic N) is 2. The summed E-state index contributed by atoms with van der Waals surface area (Å²) < 4.78 is 20.1. The number of nitriles is 1. The van der Waals surface area contributed by atoms with Gasteiger partial charge in [0.05, 0.1) is 18.1 Å². The van der Waals surface area contributed by atoms with Gasteiger partial charge in [-0.25, -0.2) is 9.18 Å². The Morgan fingerprint density at radius 3 is 2.56 bits per heavy atom. The average molecular weight is 374 g/mol. The van der Waals surface area contributed by atoms with E-state index in [4.69, 9.17) is 10.00 Å². The molecule has 1 aromatic carbocycles. The van der Waals surface area contributed by atoms with E-state index in [0.717, 1.165) is 19.3 Å². The van der Waals surface area contributed by atoms with Crippen LogP contribution in [-0.2, 0) is 16.8 Å². The molecular formula is C21H27FN2O3. The summed E-state index contributed by atoms with van der Waals surface area (Å²) in [5.74, 6) is -0.469. The molecule has 2 unspecified atom stereocenters. The van der Waals surface area contributed by atoms with E-state index in [0.29, 0.717) is 5.56 Å². The van der Waals surface area contributed by atoms with Crippen LogP contribution in [0.25, 0.3) is 0 Å². The number of carbonyl (C=O) groups is 1. The molecule has 1 aromatic rings. The lowest BCUT2D eigenvalue weighted by Crippen LogP contribution is -2.59. The van der Waals surface area contributed by atoms with E-state index in [-0.39, 0.29) is 43.0 Å². The lowest BCUT2D eigenvalue weighted by Gasteiger charge is -2.51. The monoisotopic (exact) mass is 374 g/mol.